The molecule has 0 aliphatic heterocycles. The Morgan fingerprint density at radius 1 is 1.19 bits per heavy atom. The molecule has 0 radical (unpaired) electrons. The Balaban J connectivity index is 0.00000261. The van der Waals surface area contributed by atoms with Crippen molar-refractivity contribution in [3.8, 4) is 5.69 Å². The summed E-state index contributed by atoms with van der Waals surface area (Å²) in [6, 6.07) is 12.5. The van der Waals surface area contributed by atoms with Gasteiger partial charge in [0.2, 0.25) is 0 Å². The number of para-hydroxylation sites is 1. The highest BCUT2D eigenvalue weighted by atomic mass is 127. The summed E-state index contributed by atoms with van der Waals surface area (Å²) in [7, 11) is 4.13. The van der Waals surface area contributed by atoms with E-state index in [1.54, 1.807) is 6.20 Å². The zero-order valence-corrected chi connectivity index (χ0v) is 18.4. The number of aliphatic imine (C=N–C) groups is 1. The van der Waals surface area contributed by atoms with Crippen LogP contribution in [0.5, 0.6) is 0 Å². The van der Waals surface area contributed by atoms with Gasteiger partial charge in [0, 0.05) is 44.9 Å². The molecule has 0 fully saturated rings. The summed E-state index contributed by atoms with van der Waals surface area (Å²) in [5.74, 6) is 0.897. The number of imidazole rings is 1. The van der Waals surface area contributed by atoms with E-state index < -0.39 is 0 Å². The van der Waals surface area contributed by atoms with Crippen LogP contribution in [0.1, 0.15) is 18.2 Å². The maximum absolute atomic E-state index is 4.85. The molecule has 144 valence electrons. The lowest BCUT2D eigenvalue weighted by atomic mass is 10.2. The van der Waals surface area contributed by atoms with Gasteiger partial charge in [-0.1, -0.05) is 18.2 Å². The zero-order chi connectivity index (χ0) is 18.4. The molecule has 0 spiro atoms. The Morgan fingerprint density at radius 2 is 2.00 bits per heavy atom. The number of hydrogen-bond acceptors (Lipinski definition) is 2. The van der Waals surface area contributed by atoms with Gasteiger partial charge in [0.05, 0.1) is 25.1 Å². The molecule has 0 atom stereocenters. The lowest BCUT2D eigenvalue weighted by Crippen LogP contribution is -2.38. The number of hydrogen-bond donors (Lipinski definition) is 1. The molecule has 0 saturated heterocycles. The van der Waals surface area contributed by atoms with Gasteiger partial charge in [-0.2, -0.15) is 0 Å². The molecule has 2 heterocycles. The van der Waals surface area contributed by atoms with E-state index in [4.69, 9.17) is 4.99 Å². The van der Waals surface area contributed by atoms with Crippen LogP contribution in [-0.2, 0) is 20.1 Å². The Morgan fingerprint density at radius 3 is 2.67 bits per heavy atom. The Labute approximate surface area is 178 Å². The van der Waals surface area contributed by atoms with Crippen LogP contribution in [0.15, 0.2) is 66.3 Å². The van der Waals surface area contributed by atoms with Gasteiger partial charge in [-0.25, -0.2) is 9.98 Å². The minimum absolute atomic E-state index is 0. The molecular formula is C20H27IN6. The quantitative estimate of drug-likeness (QED) is 0.336. The summed E-state index contributed by atoms with van der Waals surface area (Å²) in [5.41, 5.74) is 3.51. The first-order valence-corrected chi connectivity index (χ1v) is 8.85. The van der Waals surface area contributed by atoms with Crippen molar-refractivity contribution in [2.75, 3.05) is 13.6 Å². The minimum Gasteiger partial charge on any atom is -0.357 e. The second-order valence-corrected chi connectivity index (χ2v) is 6.24. The highest BCUT2D eigenvalue weighted by Gasteiger charge is 2.09. The van der Waals surface area contributed by atoms with E-state index in [-0.39, 0.29) is 24.0 Å². The number of guanidine groups is 1. The molecule has 0 amide bonds. The van der Waals surface area contributed by atoms with Crippen LogP contribution >= 0.6 is 24.0 Å². The summed E-state index contributed by atoms with van der Waals surface area (Å²) < 4.78 is 4.15. The van der Waals surface area contributed by atoms with Crippen LogP contribution in [0.3, 0.4) is 0 Å². The van der Waals surface area contributed by atoms with Gasteiger partial charge in [-0.15, -0.1) is 24.0 Å². The van der Waals surface area contributed by atoms with Gasteiger partial charge in [0.25, 0.3) is 0 Å². The second-order valence-electron chi connectivity index (χ2n) is 6.24. The van der Waals surface area contributed by atoms with Crippen molar-refractivity contribution in [1.29, 1.82) is 0 Å². The normalized spacial score (nSPS) is 11.1. The predicted molar refractivity (Wildman–Crippen MR) is 121 cm³/mol. The number of nitrogens with one attached hydrogen (secondary N) is 1. The van der Waals surface area contributed by atoms with Crippen molar-refractivity contribution >= 4 is 29.9 Å². The molecule has 0 aliphatic carbocycles. The van der Waals surface area contributed by atoms with Crippen LogP contribution in [0.25, 0.3) is 5.69 Å². The molecule has 1 aromatic carbocycles. The fourth-order valence-corrected chi connectivity index (χ4v) is 2.91. The van der Waals surface area contributed by atoms with E-state index in [1.165, 1.54) is 5.69 Å². The molecule has 1 N–H and O–H groups in total. The number of aromatic nitrogens is 3. The molecule has 0 bridgehead atoms. The van der Waals surface area contributed by atoms with E-state index >= 15 is 0 Å². The fourth-order valence-electron chi connectivity index (χ4n) is 2.91. The first kappa shape index (κ1) is 21.0. The van der Waals surface area contributed by atoms with Crippen molar-refractivity contribution in [3.63, 3.8) is 0 Å². The van der Waals surface area contributed by atoms with Crippen molar-refractivity contribution in [1.82, 2.24) is 24.3 Å². The summed E-state index contributed by atoms with van der Waals surface area (Å²) in [5, 5.41) is 3.39. The van der Waals surface area contributed by atoms with Crippen molar-refractivity contribution < 1.29 is 0 Å². The molecule has 3 rings (SSSR count). The van der Waals surface area contributed by atoms with E-state index in [9.17, 15) is 0 Å². The summed E-state index contributed by atoms with van der Waals surface area (Å²) in [4.78, 5) is 11.2. The maximum Gasteiger partial charge on any atom is 0.194 e. The Bertz CT molecular complexity index is 853. The summed E-state index contributed by atoms with van der Waals surface area (Å²) in [6.45, 7) is 4.33. The highest BCUT2D eigenvalue weighted by Crippen LogP contribution is 2.15. The SMILES string of the molecule is CCNC(=NCc1ccccc1-n1ccnc1)N(C)Cc1cccn1C.I. The molecule has 0 saturated carbocycles. The standard InChI is InChI=1S/C20H26N6.HI/c1-4-22-20(25(3)15-18-9-7-12-24(18)2)23-14-17-8-5-6-10-19(17)26-13-11-21-16-26;/h5-13,16H,4,14-15H2,1-3H3,(H,22,23);1H. The molecule has 6 nitrogen and oxygen atoms in total. The molecular weight excluding hydrogens is 451 g/mol. The van der Waals surface area contributed by atoms with Crippen molar-refractivity contribution in [3.05, 3.63) is 72.6 Å². The molecule has 0 aliphatic rings. The van der Waals surface area contributed by atoms with Crippen LogP contribution in [-0.4, -0.2) is 38.6 Å². The van der Waals surface area contributed by atoms with Crippen LogP contribution in [0.4, 0.5) is 0 Å². The first-order valence-electron chi connectivity index (χ1n) is 8.85. The van der Waals surface area contributed by atoms with E-state index in [2.05, 4.69) is 71.2 Å². The predicted octanol–water partition coefficient (Wildman–Crippen LogP) is 3.43. The third-order valence-corrected chi connectivity index (χ3v) is 4.32. The smallest absolute Gasteiger partial charge is 0.194 e. The Hall–Kier alpha value is -2.29. The summed E-state index contributed by atoms with van der Waals surface area (Å²) >= 11 is 0. The number of aryl methyl sites for hydroxylation is 1. The Kier molecular flexibility index (Phi) is 7.90. The topological polar surface area (TPSA) is 50.4 Å². The average Bonchev–Trinajstić information content (AvgIpc) is 3.31. The average molecular weight is 478 g/mol. The van der Waals surface area contributed by atoms with E-state index in [1.807, 2.05) is 29.2 Å². The van der Waals surface area contributed by atoms with Crippen LogP contribution in [0, 0.1) is 0 Å². The number of benzene rings is 1. The fraction of sp³-hybridized carbons (Fsp3) is 0.300. The first-order chi connectivity index (χ1) is 12.7. The molecule has 2 aromatic heterocycles. The van der Waals surface area contributed by atoms with Gasteiger partial charge in [0.1, 0.15) is 0 Å². The number of halogens is 1. The van der Waals surface area contributed by atoms with Crippen LogP contribution < -0.4 is 5.32 Å². The lowest BCUT2D eigenvalue weighted by Gasteiger charge is -2.22. The highest BCUT2D eigenvalue weighted by molar-refractivity contribution is 14.0. The van der Waals surface area contributed by atoms with E-state index in [0.29, 0.717) is 6.54 Å². The van der Waals surface area contributed by atoms with Crippen molar-refractivity contribution in [2.45, 2.75) is 20.0 Å². The van der Waals surface area contributed by atoms with Gasteiger partial charge < -0.3 is 19.4 Å². The maximum atomic E-state index is 4.85. The molecule has 0 unspecified atom stereocenters. The third kappa shape index (κ3) is 5.35. The number of nitrogens with zero attached hydrogens (tertiary/aromatic N) is 5. The largest absolute Gasteiger partial charge is 0.357 e. The van der Waals surface area contributed by atoms with Gasteiger partial charge >= 0.3 is 0 Å². The lowest BCUT2D eigenvalue weighted by molar-refractivity contribution is 0.462. The van der Waals surface area contributed by atoms with Gasteiger partial charge in [-0.05, 0) is 30.7 Å². The van der Waals surface area contributed by atoms with Crippen LogP contribution in [0.2, 0.25) is 0 Å². The van der Waals surface area contributed by atoms with Gasteiger partial charge in [-0.3, -0.25) is 0 Å². The minimum atomic E-state index is 0. The molecule has 3 aromatic rings. The van der Waals surface area contributed by atoms with E-state index in [0.717, 1.165) is 30.3 Å². The van der Waals surface area contributed by atoms with Crippen molar-refractivity contribution in [2.24, 2.45) is 12.0 Å². The summed E-state index contributed by atoms with van der Waals surface area (Å²) in [6.07, 6.45) is 7.62. The monoisotopic (exact) mass is 478 g/mol. The molecule has 7 heteroatoms. The third-order valence-electron chi connectivity index (χ3n) is 4.32. The second kappa shape index (κ2) is 10.1. The molecule has 27 heavy (non-hydrogen) atoms. The number of rotatable bonds is 6. The van der Waals surface area contributed by atoms with Gasteiger partial charge in [0.15, 0.2) is 5.96 Å². The zero-order valence-electron chi connectivity index (χ0n) is 16.0.